The van der Waals surface area contributed by atoms with Gasteiger partial charge in [-0.1, -0.05) is 6.07 Å². The molecule has 0 aliphatic rings. The summed E-state index contributed by atoms with van der Waals surface area (Å²) >= 11 is 0. The summed E-state index contributed by atoms with van der Waals surface area (Å²) < 4.78 is 9.92. The number of ether oxygens (including phenoxy) is 1. The van der Waals surface area contributed by atoms with E-state index in [1.807, 2.05) is 38.4 Å². The molecule has 0 aliphatic carbocycles. The number of imidazole rings is 1. The van der Waals surface area contributed by atoms with Gasteiger partial charge >= 0.3 is 5.69 Å². The molecule has 0 saturated carbocycles. The molecule has 5 aromatic rings. The van der Waals surface area contributed by atoms with E-state index in [9.17, 15) is 9.59 Å². The zero-order valence-corrected chi connectivity index (χ0v) is 20.4. The smallest absolute Gasteiger partial charge is 0.333 e. The maximum absolute atomic E-state index is 13.3. The van der Waals surface area contributed by atoms with Gasteiger partial charge in [-0.05, 0) is 30.7 Å². The molecule has 0 radical (unpaired) electrons. The van der Waals surface area contributed by atoms with Crippen LogP contribution in [0.5, 0.6) is 0 Å². The second-order valence-electron chi connectivity index (χ2n) is 8.58. The normalized spacial score (nSPS) is 11.4. The highest BCUT2D eigenvalue weighted by Gasteiger charge is 2.20. The number of benzene rings is 1. The monoisotopic (exact) mass is 486 g/mol. The van der Waals surface area contributed by atoms with Crippen LogP contribution < -0.4 is 16.7 Å². The number of rotatable bonds is 6. The summed E-state index contributed by atoms with van der Waals surface area (Å²) in [5.41, 5.74) is 11.2. The maximum atomic E-state index is 13.3. The van der Waals surface area contributed by atoms with Crippen LogP contribution in [0.1, 0.15) is 16.1 Å². The van der Waals surface area contributed by atoms with Crippen molar-refractivity contribution in [1.82, 2.24) is 34.2 Å². The van der Waals surface area contributed by atoms with Gasteiger partial charge in [-0.3, -0.25) is 23.6 Å². The van der Waals surface area contributed by atoms with Crippen molar-refractivity contribution < 1.29 is 9.53 Å². The Bertz CT molecular complexity index is 1700. The fraction of sp³-hybridized carbons (Fsp3) is 0.240. The van der Waals surface area contributed by atoms with E-state index in [0.29, 0.717) is 29.9 Å². The minimum absolute atomic E-state index is 0.141. The molecule has 184 valence electrons. The first-order chi connectivity index (χ1) is 17.3. The molecule has 0 unspecified atom stereocenters. The largest absolute Gasteiger partial charge is 0.383 e. The number of hydrogen-bond acceptors (Lipinski definition) is 7. The van der Waals surface area contributed by atoms with Crippen LogP contribution in [-0.2, 0) is 18.8 Å². The Kier molecular flexibility index (Phi) is 5.77. The molecule has 5 rings (SSSR count). The van der Waals surface area contributed by atoms with E-state index >= 15 is 0 Å². The summed E-state index contributed by atoms with van der Waals surface area (Å²) in [5.74, 6) is -0.185. The Morgan fingerprint density at radius 2 is 1.94 bits per heavy atom. The van der Waals surface area contributed by atoms with Gasteiger partial charge in [-0.2, -0.15) is 5.10 Å². The number of hydrogen-bond donors (Lipinski definition) is 2. The van der Waals surface area contributed by atoms with Gasteiger partial charge in [0.15, 0.2) is 0 Å². The molecular weight excluding hydrogens is 460 g/mol. The average molecular weight is 487 g/mol. The van der Waals surface area contributed by atoms with Crippen LogP contribution in [0, 0.1) is 6.92 Å². The third-order valence-corrected chi connectivity index (χ3v) is 6.20. The number of carbonyl (C=O) groups is 1. The molecule has 3 N–H and O–H groups in total. The Hall–Kier alpha value is -4.51. The van der Waals surface area contributed by atoms with Gasteiger partial charge in [0.05, 0.1) is 46.3 Å². The fourth-order valence-corrected chi connectivity index (χ4v) is 4.38. The summed E-state index contributed by atoms with van der Waals surface area (Å²) in [6.07, 6.45) is 5.15. The van der Waals surface area contributed by atoms with Crippen molar-refractivity contribution in [3.8, 4) is 16.8 Å². The van der Waals surface area contributed by atoms with E-state index in [1.165, 1.54) is 0 Å². The lowest BCUT2D eigenvalue weighted by atomic mass is 10.0. The Balaban J connectivity index is 1.70. The highest BCUT2D eigenvalue weighted by atomic mass is 16.5. The Morgan fingerprint density at radius 3 is 2.67 bits per heavy atom. The number of aromatic nitrogens is 6. The first-order valence-corrected chi connectivity index (χ1v) is 11.3. The first-order valence-electron chi connectivity index (χ1n) is 11.3. The molecule has 1 amide bonds. The number of methoxy groups -OCH3 is 1. The number of nitrogens with zero attached hydrogens (tertiary/aromatic N) is 6. The molecule has 36 heavy (non-hydrogen) atoms. The van der Waals surface area contributed by atoms with Crippen molar-refractivity contribution in [3.05, 3.63) is 64.6 Å². The topological polar surface area (TPSA) is 135 Å². The fourth-order valence-electron chi connectivity index (χ4n) is 4.38. The van der Waals surface area contributed by atoms with Crippen LogP contribution in [0.4, 0.5) is 5.82 Å². The number of fused-ring (bicyclic) bond motifs is 3. The predicted molar refractivity (Wildman–Crippen MR) is 137 cm³/mol. The number of nitrogens with two attached hydrogens (primary N) is 1. The zero-order chi connectivity index (χ0) is 25.6. The van der Waals surface area contributed by atoms with Crippen LogP contribution in [0.15, 0.2) is 47.7 Å². The molecule has 0 bridgehead atoms. The maximum Gasteiger partial charge on any atom is 0.333 e. The number of amides is 1. The lowest BCUT2D eigenvalue weighted by molar-refractivity contribution is 0.0937. The Morgan fingerprint density at radius 1 is 1.14 bits per heavy atom. The average Bonchev–Trinajstić information content (AvgIpc) is 3.33. The minimum atomic E-state index is -0.326. The molecule has 11 heteroatoms. The van der Waals surface area contributed by atoms with Crippen LogP contribution >= 0.6 is 0 Å². The van der Waals surface area contributed by atoms with E-state index in [2.05, 4.69) is 20.4 Å². The molecule has 0 fully saturated rings. The van der Waals surface area contributed by atoms with Crippen molar-refractivity contribution >= 4 is 33.7 Å². The van der Waals surface area contributed by atoms with Gasteiger partial charge < -0.3 is 15.8 Å². The Labute approximate surface area is 206 Å². The minimum Gasteiger partial charge on any atom is -0.383 e. The molecule has 1 aromatic carbocycles. The molecule has 4 heterocycles. The van der Waals surface area contributed by atoms with Gasteiger partial charge in [0.25, 0.3) is 5.91 Å². The molecule has 0 spiro atoms. The van der Waals surface area contributed by atoms with Crippen LogP contribution in [-0.4, -0.2) is 55.1 Å². The summed E-state index contributed by atoms with van der Waals surface area (Å²) in [7, 11) is 5.11. The van der Waals surface area contributed by atoms with Gasteiger partial charge in [0.2, 0.25) is 0 Å². The third-order valence-electron chi connectivity index (χ3n) is 6.20. The van der Waals surface area contributed by atoms with Gasteiger partial charge in [-0.25, -0.2) is 9.78 Å². The quantitative estimate of drug-likeness (QED) is 0.350. The second kappa shape index (κ2) is 8.93. The predicted octanol–water partition coefficient (Wildman–Crippen LogP) is 1.94. The summed E-state index contributed by atoms with van der Waals surface area (Å²) in [6.45, 7) is 2.62. The van der Waals surface area contributed by atoms with Crippen molar-refractivity contribution in [1.29, 1.82) is 0 Å². The van der Waals surface area contributed by atoms with Crippen LogP contribution in [0.3, 0.4) is 0 Å². The molecule has 0 atom stereocenters. The lowest BCUT2D eigenvalue weighted by Crippen LogP contribution is -2.27. The van der Waals surface area contributed by atoms with E-state index in [4.69, 9.17) is 10.5 Å². The molecular formula is C25H26N8O3. The summed E-state index contributed by atoms with van der Waals surface area (Å²) in [5, 5.41) is 7.98. The van der Waals surface area contributed by atoms with E-state index in [1.54, 1.807) is 46.4 Å². The first kappa shape index (κ1) is 23.2. The molecule has 11 nitrogen and oxygen atoms in total. The highest BCUT2D eigenvalue weighted by molar-refractivity contribution is 6.05. The number of aryl methyl sites for hydroxylation is 3. The number of anilines is 1. The van der Waals surface area contributed by atoms with Crippen molar-refractivity contribution in [2.24, 2.45) is 14.1 Å². The second-order valence-corrected chi connectivity index (χ2v) is 8.58. The molecule has 0 aliphatic heterocycles. The van der Waals surface area contributed by atoms with E-state index in [-0.39, 0.29) is 23.0 Å². The lowest BCUT2D eigenvalue weighted by Gasteiger charge is -2.10. The number of pyridine rings is 2. The van der Waals surface area contributed by atoms with Gasteiger partial charge in [0, 0.05) is 51.1 Å². The molecule has 4 aromatic heterocycles. The highest BCUT2D eigenvalue weighted by Crippen LogP contribution is 2.30. The number of nitrogens with one attached hydrogen (secondary N) is 1. The SMILES string of the molecule is COCCNC(=O)c1cc(-c2ccc3ncc4c(c3c2)n(-c2cn(C)nc2C)c(=O)n4C)cnc1N. The zero-order valence-electron chi connectivity index (χ0n) is 20.4. The standard InChI is InChI=1S/C25H26N8O3/c1-14-21(13-31(2)30-14)33-22-17-9-15(5-6-19(17)28-12-20(22)32(3)25(33)35)16-10-18(23(26)29-11-16)24(34)27-7-8-36-4/h5-6,9-13H,7-8H2,1-4H3,(H2,26,29)(H,27,34). The van der Waals surface area contributed by atoms with E-state index < -0.39 is 0 Å². The van der Waals surface area contributed by atoms with Crippen LogP contribution in [0.2, 0.25) is 0 Å². The van der Waals surface area contributed by atoms with Crippen molar-refractivity contribution in [2.45, 2.75) is 6.92 Å². The van der Waals surface area contributed by atoms with Gasteiger partial charge in [0.1, 0.15) is 5.82 Å². The number of nitrogen functional groups attached to an aromatic ring is 1. The summed E-state index contributed by atoms with van der Waals surface area (Å²) in [6, 6.07) is 7.45. The van der Waals surface area contributed by atoms with Crippen molar-refractivity contribution in [2.75, 3.05) is 26.0 Å². The van der Waals surface area contributed by atoms with Crippen LogP contribution in [0.25, 0.3) is 38.8 Å². The third kappa shape index (κ3) is 3.79. The van der Waals surface area contributed by atoms with Crippen molar-refractivity contribution in [3.63, 3.8) is 0 Å². The van der Waals surface area contributed by atoms with E-state index in [0.717, 1.165) is 27.7 Å². The van der Waals surface area contributed by atoms with Gasteiger partial charge in [-0.15, -0.1) is 0 Å². The number of carbonyl (C=O) groups excluding carboxylic acids is 1. The molecule has 0 saturated heterocycles. The summed E-state index contributed by atoms with van der Waals surface area (Å²) in [4.78, 5) is 34.8.